The predicted octanol–water partition coefficient (Wildman–Crippen LogP) is 5.13. The van der Waals surface area contributed by atoms with Gasteiger partial charge in [0.2, 0.25) is 10.0 Å². The van der Waals surface area contributed by atoms with Crippen LogP contribution < -0.4 is 5.32 Å². The van der Waals surface area contributed by atoms with Crippen LogP contribution in [0, 0.1) is 13.8 Å². The van der Waals surface area contributed by atoms with E-state index in [9.17, 15) is 13.2 Å². The summed E-state index contributed by atoms with van der Waals surface area (Å²) in [5.41, 5.74) is 2.42. The van der Waals surface area contributed by atoms with Crippen molar-refractivity contribution in [2.75, 3.05) is 18.4 Å². The number of nitrogens with one attached hydrogen (secondary N) is 1. The molecule has 1 N–H and O–H groups in total. The highest BCUT2D eigenvalue weighted by molar-refractivity contribution is 7.89. The van der Waals surface area contributed by atoms with Crippen LogP contribution >= 0.6 is 11.6 Å². The van der Waals surface area contributed by atoms with Crippen LogP contribution in [0.3, 0.4) is 0 Å². The topological polar surface area (TPSA) is 79.6 Å². The fourth-order valence-corrected chi connectivity index (χ4v) is 5.47. The average molecular weight is 447 g/mol. The Hall–Kier alpha value is -2.35. The van der Waals surface area contributed by atoms with Gasteiger partial charge in [0.1, 0.15) is 5.58 Å². The number of halogens is 1. The van der Waals surface area contributed by atoms with Gasteiger partial charge in [0.05, 0.1) is 4.90 Å². The molecule has 1 aliphatic heterocycles. The number of hydrogen-bond acceptors (Lipinski definition) is 4. The molecule has 1 aromatic heterocycles. The largest absolute Gasteiger partial charge is 0.451 e. The fourth-order valence-electron chi connectivity index (χ4n) is 3.75. The van der Waals surface area contributed by atoms with Gasteiger partial charge in [0, 0.05) is 34.7 Å². The van der Waals surface area contributed by atoms with Crippen LogP contribution in [0.15, 0.2) is 45.7 Å². The smallest absolute Gasteiger partial charge is 0.291 e. The standard InChI is InChI=1S/C22H23ClN2O4S/c1-14-17-13-16(30(27,28)25-11-4-3-5-12-25)9-10-20(17)29-21(14)22(26)24-19-8-6-7-18(23)15(19)2/h6-10,13H,3-5,11-12H2,1-2H3,(H,24,26). The van der Waals surface area contributed by atoms with Crippen LogP contribution in [-0.2, 0) is 10.0 Å². The number of benzene rings is 2. The van der Waals surface area contributed by atoms with Crippen molar-refractivity contribution >= 4 is 44.2 Å². The Kier molecular flexibility index (Phi) is 5.61. The first-order valence-corrected chi connectivity index (χ1v) is 11.7. The number of amides is 1. The summed E-state index contributed by atoms with van der Waals surface area (Å²) in [5.74, 6) is -0.258. The molecule has 6 nitrogen and oxygen atoms in total. The highest BCUT2D eigenvalue weighted by Gasteiger charge is 2.27. The maximum atomic E-state index is 13.0. The first-order chi connectivity index (χ1) is 14.3. The number of aryl methyl sites for hydroxylation is 1. The Morgan fingerprint density at radius 1 is 1.07 bits per heavy atom. The highest BCUT2D eigenvalue weighted by atomic mass is 35.5. The maximum Gasteiger partial charge on any atom is 0.291 e. The molecular formula is C22H23ClN2O4S. The molecule has 0 saturated carbocycles. The quantitative estimate of drug-likeness (QED) is 0.602. The zero-order chi connectivity index (χ0) is 21.5. The molecule has 0 spiro atoms. The van der Waals surface area contributed by atoms with Crippen molar-refractivity contribution in [2.45, 2.75) is 38.0 Å². The predicted molar refractivity (Wildman–Crippen MR) is 118 cm³/mol. The van der Waals surface area contributed by atoms with Crippen molar-refractivity contribution in [3.05, 3.63) is 58.3 Å². The first kappa shape index (κ1) is 20.9. The van der Waals surface area contributed by atoms with Gasteiger partial charge in [-0.3, -0.25) is 4.79 Å². The number of rotatable bonds is 4. The van der Waals surface area contributed by atoms with Gasteiger partial charge in [-0.15, -0.1) is 0 Å². The second-order valence-corrected chi connectivity index (χ2v) is 9.89. The third-order valence-electron chi connectivity index (χ3n) is 5.58. The van der Waals surface area contributed by atoms with Crippen LogP contribution in [0.5, 0.6) is 0 Å². The molecule has 30 heavy (non-hydrogen) atoms. The summed E-state index contributed by atoms with van der Waals surface area (Å²) in [7, 11) is -3.56. The van der Waals surface area contributed by atoms with Crippen molar-refractivity contribution in [2.24, 2.45) is 0 Å². The lowest BCUT2D eigenvalue weighted by Crippen LogP contribution is -2.35. The van der Waals surface area contributed by atoms with Crippen molar-refractivity contribution in [1.29, 1.82) is 0 Å². The third-order valence-corrected chi connectivity index (χ3v) is 7.89. The summed E-state index contributed by atoms with van der Waals surface area (Å²) in [6.45, 7) is 4.65. The highest BCUT2D eigenvalue weighted by Crippen LogP contribution is 2.31. The summed E-state index contributed by atoms with van der Waals surface area (Å²) in [5, 5.41) is 3.99. The van der Waals surface area contributed by atoms with Gasteiger partial charge in [0.25, 0.3) is 5.91 Å². The Morgan fingerprint density at radius 3 is 2.53 bits per heavy atom. The number of furan rings is 1. The second-order valence-electron chi connectivity index (χ2n) is 7.55. The lowest BCUT2D eigenvalue weighted by atomic mass is 10.1. The van der Waals surface area contributed by atoms with Gasteiger partial charge in [0.15, 0.2) is 5.76 Å². The Labute approximate surface area is 180 Å². The van der Waals surface area contributed by atoms with Crippen molar-refractivity contribution in [3.63, 3.8) is 0 Å². The third kappa shape index (κ3) is 3.73. The van der Waals surface area contributed by atoms with Crippen LogP contribution in [0.25, 0.3) is 11.0 Å². The number of nitrogens with zero attached hydrogens (tertiary/aromatic N) is 1. The molecule has 0 unspecified atom stereocenters. The van der Waals surface area contributed by atoms with E-state index in [1.807, 2.05) is 6.92 Å². The number of sulfonamides is 1. The van der Waals surface area contributed by atoms with Gasteiger partial charge in [-0.25, -0.2) is 8.42 Å². The van der Waals surface area contributed by atoms with Gasteiger partial charge in [-0.05, 0) is 62.6 Å². The van der Waals surface area contributed by atoms with E-state index < -0.39 is 15.9 Å². The monoisotopic (exact) mass is 446 g/mol. The average Bonchev–Trinajstić information content (AvgIpc) is 3.08. The van der Waals surface area contributed by atoms with Gasteiger partial charge >= 0.3 is 0 Å². The van der Waals surface area contributed by atoms with E-state index in [-0.39, 0.29) is 10.7 Å². The Morgan fingerprint density at radius 2 is 1.80 bits per heavy atom. The van der Waals surface area contributed by atoms with Crippen molar-refractivity contribution in [3.8, 4) is 0 Å². The summed E-state index contributed by atoms with van der Waals surface area (Å²) in [6, 6.07) is 10.0. The second kappa shape index (κ2) is 8.06. The Balaban J connectivity index is 1.67. The number of carbonyl (C=O) groups excluding carboxylic acids is 1. The molecule has 8 heteroatoms. The number of hydrogen-bond donors (Lipinski definition) is 1. The molecule has 0 bridgehead atoms. The van der Waals surface area contributed by atoms with E-state index in [1.54, 1.807) is 37.3 Å². The minimum Gasteiger partial charge on any atom is -0.451 e. The molecule has 2 heterocycles. The molecule has 0 aliphatic carbocycles. The molecule has 158 valence electrons. The van der Waals surface area contributed by atoms with Crippen LogP contribution in [-0.4, -0.2) is 31.7 Å². The normalized spacial score (nSPS) is 15.4. The number of fused-ring (bicyclic) bond motifs is 1. The summed E-state index contributed by atoms with van der Waals surface area (Å²) in [6.07, 6.45) is 2.80. The molecule has 3 aromatic rings. The zero-order valence-corrected chi connectivity index (χ0v) is 18.4. The first-order valence-electron chi connectivity index (χ1n) is 9.89. The van der Waals surface area contributed by atoms with E-state index in [1.165, 1.54) is 10.4 Å². The van der Waals surface area contributed by atoms with E-state index in [0.717, 1.165) is 24.8 Å². The number of piperidine rings is 1. The van der Waals surface area contributed by atoms with Crippen LogP contribution in [0.4, 0.5) is 5.69 Å². The molecule has 0 atom stereocenters. The molecule has 2 aromatic carbocycles. The van der Waals surface area contributed by atoms with Crippen LogP contribution in [0.1, 0.15) is 40.9 Å². The molecule has 1 amide bonds. The van der Waals surface area contributed by atoms with Gasteiger partial charge in [-0.1, -0.05) is 24.1 Å². The fraction of sp³-hybridized carbons (Fsp3) is 0.318. The minimum atomic E-state index is -3.56. The summed E-state index contributed by atoms with van der Waals surface area (Å²) in [4.78, 5) is 13.0. The van der Waals surface area contributed by atoms with Gasteiger partial charge in [-0.2, -0.15) is 4.31 Å². The SMILES string of the molecule is Cc1c(Cl)cccc1NC(=O)c1oc2ccc(S(=O)(=O)N3CCCCC3)cc2c1C. The zero-order valence-electron chi connectivity index (χ0n) is 16.9. The number of anilines is 1. The Bertz CT molecular complexity index is 1230. The van der Waals surface area contributed by atoms with Crippen LogP contribution in [0.2, 0.25) is 5.02 Å². The summed E-state index contributed by atoms with van der Waals surface area (Å²) >= 11 is 6.13. The van der Waals surface area contributed by atoms with Gasteiger partial charge < -0.3 is 9.73 Å². The maximum absolute atomic E-state index is 13.0. The van der Waals surface area contributed by atoms with E-state index in [0.29, 0.717) is 40.3 Å². The van der Waals surface area contributed by atoms with E-state index in [4.69, 9.17) is 16.0 Å². The molecular weight excluding hydrogens is 424 g/mol. The van der Waals surface area contributed by atoms with E-state index in [2.05, 4.69) is 5.32 Å². The van der Waals surface area contributed by atoms with E-state index >= 15 is 0 Å². The van der Waals surface area contributed by atoms with Crippen molar-refractivity contribution in [1.82, 2.24) is 4.31 Å². The summed E-state index contributed by atoms with van der Waals surface area (Å²) < 4.78 is 33.3. The lowest BCUT2D eigenvalue weighted by molar-refractivity contribution is 0.0998. The minimum absolute atomic E-state index is 0.150. The molecule has 1 aliphatic rings. The molecule has 1 fully saturated rings. The number of carbonyl (C=O) groups is 1. The lowest BCUT2D eigenvalue weighted by Gasteiger charge is -2.25. The molecule has 0 radical (unpaired) electrons. The molecule has 4 rings (SSSR count). The molecule has 1 saturated heterocycles. The van der Waals surface area contributed by atoms with Crippen molar-refractivity contribution < 1.29 is 17.6 Å².